The predicted octanol–water partition coefficient (Wildman–Crippen LogP) is 1.20. The van der Waals surface area contributed by atoms with Crippen LogP contribution in [0.25, 0.3) is 0 Å². The van der Waals surface area contributed by atoms with Crippen molar-refractivity contribution in [3.05, 3.63) is 0 Å². The van der Waals surface area contributed by atoms with Crippen LogP contribution >= 0.6 is 11.8 Å². The highest BCUT2D eigenvalue weighted by Gasteiger charge is 1.84. The Bertz CT molecular complexity index is 87.5. The van der Waals surface area contributed by atoms with Crippen molar-refractivity contribution in [1.82, 2.24) is 5.32 Å². The van der Waals surface area contributed by atoms with Gasteiger partial charge in [-0.05, 0) is 24.9 Å². The van der Waals surface area contributed by atoms with Gasteiger partial charge < -0.3 is 5.32 Å². The molecule has 0 aliphatic heterocycles. The number of thioether (sulfide) groups is 1. The normalized spacial score (nSPS) is 8.44. The molecule has 52 valence electrons. The van der Waals surface area contributed by atoms with Crippen molar-refractivity contribution in [2.75, 3.05) is 18.6 Å². The summed E-state index contributed by atoms with van der Waals surface area (Å²) in [6, 6.07) is 0. The minimum Gasteiger partial charge on any atom is -0.324 e. The third-order valence-electron chi connectivity index (χ3n) is 0.979. The van der Waals surface area contributed by atoms with E-state index in [1.807, 2.05) is 18.0 Å². The van der Waals surface area contributed by atoms with E-state index < -0.39 is 0 Å². The Kier molecular flexibility index (Phi) is 7.33. The number of nitrogens with zero attached hydrogens (tertiary/aromatic N) is 1. The second kappa shape index (κ2) is 7.64. The topological polar surface area (TPSA) is 35.8 Å². The van der Waals surface area contributed by atoms with E-state index in [2.05, 4.69) is 11.6 Å². The standard InChI is InChI=1S/C6H12N2S/c1-9-5-3-2-4-8-6-7/h8H,2-5H2,1H3. The Labute approximate surface area is 60.6 Å². The lowest BCUT2D eigenvalue weighted by Crippen LogP contribution is -2.06. The van der Waals surface area contributed by atoms with Gasteiger partial charge in [-0.2, -0.15) is 17.0 Å². The Morgan fingerprint density at radius 1 is 1.56 bits per heavy atom. The molecule has 0 unspecified atom stereocenters. The third-order valence-corrected chi connectivity index (χ3v) is 1.68. The second-order valence-electron chi connectivity index (χ2n) is 1.74. The molecule has 0 aromatic rings. The van der Waals surface area contributed by atoms with E-state index in [0.29, 0.717) is 0 Å². The molecular weight excluding hydrogens is 132 g/mol. The number of hydrogen-bond acceptors (Lipinski definition) is 3. The molecule has 0 saturated heterocycles. The molecule has 0 heterocycles. The molecule has 0 radical (unpaired) electrons. The average molecular weight is 144 g/mol. The van der Waals surface area contributed by atoms with Gasteiger partial charge >= 0.3 is 0 Å². The molecule has 0 rings (SSSR count). The van der Waals surface area contributed by atoms with Crippen molar-refractivity contribution >= 4 is 11.8 Å². The summed E-state index contributed by atoms with van der Waals surface area (Å²) in [5, 5.41) is 10.7. The van der Waals surface area contributed by atoms with Gasteiger partial charge in [0.15, 0.2) is 6.19 Å². The smallest absolute Gasteiger partial charge is 0.176 e. The summed E-state index contributed by atoms with van der Waals surface area (Å²) in [6.45, 7) is 0.830. The molecule has 3 heteroatoms. The fraction of sp³-hybridized carbons (Fsp3) is 0.833. The number of unbranched alkanes of at least 4 members (excludes halogenated alkanes) is 1. The van der Waals surface area contributed by atoms with Crippen LogP contribution in [0.2, 0.25) is 0 Å². The maximum Gasteiger partial charge on any atom is 0.176 e. The SMILES string of the molecule is CSCCCCNC#N. The number of nitriles is 1. The van der Waals surface area contributed by atoms with E-state index in [0.717, 1.165) is 13.0 Å². The van der Waals surface area contributed by atoms with Gasteiger partial charge in [-0.1, -0.05) is 0 Å². The summed E-state index contributed by atoms with van der Waals surface area (Å²) in [4.78, 5) is 0. The van der Waals surface area contributed by atoms with Crippen molar-refractivity contribution < 1.29 is 0 Å². The highest BCUT2D eigenvalue weighted by molar-refractivity contribution is 7.98. The molecule has 1 N–H and O–H groups in total. The third kappa shape index (κ3) is 7.64. The van der Waals surface area contributed by atoms with Crippen LogP contribution in [0.4, 0.5) is 0 Å². The van der Waals surface area contributed by atoms with Gasteiger partial charge in [0, 0.05) is 6.54 Å². The van der Waals surface area contributed by atoms with E-state index in [1.54, 1.807) is 0 Å². The van der Waals surface area contributed by atoms with Gasteiger partial charge in [-0.3, -0.25) is 0 Å². The van der Waals surface area contributed by atoms with Gasteiger partial charge in [0.05, 0.1) is 0 Å². The van der Waals surface area contributed by atoms with Gasteiger partial charge in [0.25, 0.3) is 0 Å². The van der Waals surface area contributed by atoms with Crippen molar-refractivity contribution in [2.24, 2.45) is 0 Å². The molecule has 0 fully saturated rings. The van der Waals surface area contributed by atoms with Crippen LogP contribution in [0.1, 0.15) is 12.8 Å². The lowest BCUT2D eigenvalue weighted by atomic mass is 10.3. The van der Waals surface area contributed by atoms with Crippen LogP contribution < -0.4 is 5.32 Å². The number of nitrogens with one attached hydrogen (secondary N) is 1. The van der Waals surface area contributed by atoms with Crippen LogP contribution in [0.3, 0.4) is 0 Å². The van der Waals surface area contributed by atoms with E-state index >= 15 is 0 Å². The van der Waals surface area contributed by atoms with Gasteiger partial charge in [-0.15, -0.1) is 0 Å². The van der Waals surface area contributed by atoms with Gasteiger partial charge in [-0.25, -0.2) is 0 Å². The molecule has 9 heavy (non-hydrogen) atoms. The highest BCUT2D eigenvalue weighted by atomic mass is 32.2. The van der Waals surface area contributed by atoms with Crippen LogP contribution in [0, 0.1) is 11.5 Å². The summed E-state index contributed by atoms with van der Waals surface area (Å²) in [7, 11) is 0. The minimum atomic E-state index is 0.830. The zero-order valence-electron chi connectivity index (χ0n) is 5.68. The summed E-state index contributed by atoms with van der Waals surface area (Å²) in [5.74, 6) is 1.20. The lowest BCUT2D eigenvalue weighted by Gasteiger charge is -1.94. The molecule has 0 aliphatic rings. The molecule has 0 aromatic heterocycles. The first-order valence-corrected chi connectivity index (χ1v) is 4.42. The van der Waals surface area contributed by atoms with Crippen LogP contribution in [0.5, 0.6) is 0 Å². The molecule has 0 aromatic carbocycles. The van der Waals surface area contributed by atoms with Crippen LogP contribution in [0.15, 0.2) is 0 Å². The molecular formula is C6H12N2S. The molecule has 0 spiro atoms. The fourth-order valence-electron chi connectivity index (χ4n) is 0.516. The average Bonchev–Trinajstić information content (AvgIpc) is 1.89. The zero-order valence-corrected chi connectivity index (χ0v) is 6.50. The largest absolute Gasteiger partial charge is 0.324 e. The second-order valence-corrected chi connectivity index (χ2v) is 2.72. The van der Waals surface area contributed by atoms with Crippen molar-refractivity contribution in [3.8, 4) is 6.19 Å². The van der Waals surface area contributed by atoms with Crippen molar-refractivity contribution in [3.63, 3.8) is 0 Å². The van der Waals surface area contributed by atoms with E-state index in [4.69, 9.17) is 5.26 Å². The summed E-state index contributed by atoms with van der Waals surface area (Å²) >= 11 is 1.85. The summed E-state index contributed by atoms with van der Waals surface area (Å²) in [6.07, 6.45) is 6.29. The molecule has 0 bridgehead atoms. The van der Waals surface area contributed by atoms with E-state index in [9.17, 15) is 0 Å². The van der Waals surface area contributed by atoms with Gasteiger partial charge in [0.2, 0.25) is 0 Å². The Morgan fingerprint density at radius 2 is 2.33 bits per heavy atom. The first-order valence-electron chi connectivity index (χ1n) is 3.02. The maximum absolute atomic E-state index is 8.06. The maximum atomic E-state index is 8.06. The van der Waals surface area contributed by atoms with Crippen LogP contribution in [-0.4, -0.2) is 18.6 Å². The number of rotatable bonds is 5. The van der Waals surface area contributed by atoms with Gasteiger partial charge in [0.1, 0.15) is 0 Å². The first kappa shape index (κ1) is 8.64. The monoisotopic (exact) mass is 144 g/mol. The molecule has 0 saturated carbocycles. The number of hydrogen-bond donors (Lipinski definition) is 1. The fourth-order valence-corrected chi connectivity index (χ4v) is 1.01. The molecule has 0 atom stereocenters. The molecule has 0 amide bonds. The Hall–Kier alpha value is -0.360. The van der Waals surface area contributed by atoms with Crippen LogP contribution in [-0.2, 0) is 0 Å². The summed E-state index contributed by atoms with van der Waals surface area (Å²) < 4.78 is 0. The first-order chi connectivity index (χ1) is 4.41. The van der Waals surface area contributed by atoms with E-state index in [1.165, 1.54) is 12.2 Å². The summed E-state index contributed by atoms with van der Waals surface area (Å²) in [5.41, 5.74) is 0. The Morgan fingerprint density at radius 3 is 2.89 bits per heavy atom. The van der Waals surface area contributed by atoms with E-state index in [-0.39, 0.29) is 0 Å². The predicted molar refractivity (Wildman–Crippen MR) is 41.2 cm³/mol. The molecule has 2 nitrogen and oxygen atoms in total. The molecule has 0 aliphatic carbocycles. The zero-order chi connectivity index (χ0) is 6.95. The van der Waals surface area contributed by atoms with Crippen molar-refractivity contribution in [2.45, 2.75) is 12.8 Å². The minimum absolute atomic E-state index is 0.830. The Balaban J connectivity index is 2.69. The highest BCUT2D eigenvalue weighted by Crippen LogP contribution is 1.97. The lowest BCUT2D eigenvalue weighted by molar-refractivity contribution is 0.748. The quantitative estimate of drug-likeness (QED) is 0.358. The van der Waals surface area contributed by atoms with Crippen molar-refractivity contribution in [1.29, 1.82) is 5.26 Å².